The summed E-state index contributed by atoms with van der Waals surface area (Å²) in [5.74, 6) is 2.38. The Morgan fingerprint density at radius 1 is 1.35 bits per heavy atom. The molecule has 2 rings (SSSR count). The van der Waals surface area contributed by atoms with E-state index in [0.29, 0.717) is 5.92 Å². The molecule has 0 unspecified atom stereocenters. The molecule has 0 fully saturated rings. The topological polar surface area (TPSA) is 45.6 Å². The number of nitrogens with one attached hydrogen (secondary N) is 2. The summed E-state index contributed by atoms with van der Waals surface area (Å²) in [4.78, 5) is 7.82. The van der Waals surface area contributed by atoms with Gasteiger partial charge in [-0.15, -0.1) is 0 Å². The second-order valence-corrected chi connectivity index (χ2v) is 6.37. The summed E-state index contributed by atoms with van der Waals surface area (Å²) in [7, 11) is 2.08. The van der Waals surface area contributed by atoms with Crippen molar-refractivity contribution in [3.05, 3.63) is 29.7 Å². The minimum Gasteiger partial charge on any atom is -0.334 e. The minimum absolute atomic E-state index is 0.129. The minimum atomic E-state index is 0.129. The van der Waals surface area contributed by atoms with Gasteiger partial charge in [-0.25, -0.2) is 4.98 Å². The zero-order valence-corrected chi connectivity index (χ0v) is 13.4. The van der Waals surface area contributed by atoms with Crippen molar-refractivity contribution in [2.75, 3.05) is 5.32 Å². The highest BCUT2D eigenvalue weighted by Crippen LogP contribution is 2.27. The molecular weight excluding hydrogens is 248 g/mol. The summed E-state index contributed by atoms with van der Waals surface area (Å²) < 4.78 is 2.18. The van der Waals surface area contributed by atoms with Crippen LogP contribution >= 0.6 is 0 Å². The summed E-state index contributed by atoms with van der Waals surface area (Å²) in [6.45, 7) is 11.1. The average Bonchev–Trinajstić information content (AvgIpc) is 2.98. The number of rotatable bonds is 5. The molecular formula is C16H26N4. The molecule has 2 aromatic heterocycles. The maximum absolute atomic E-state index is 4.44. The maximum atomic E-state index is 4.44. The Morgan fingerprint density at radius 2 is 2.05 bits per heavy atom. The van der Waals surface area contributed by atoms with Gasteiger partial charge in [-0.1, -0.05) is 34.6 Å². The molecule has 0 aliphatic rings. The van der Waals surface area contributed by atoms with E-state index in [1.54, 1.807) is 0 Å². The molecule has 0 aliphatic carbocycles. The predicted octanol–water partition coefficient (Wildman–Crippen LogP) is 4.30. The summed E-state index contributed by atoms with van der Waals surface area (Å²) in [5.41, 5.74) is 2.61. The first kappa shape index (κ1) is 14.7. The molecule has 20 heavy (non-hydrogen) atoms. The van der Waals surface area contributed by atoms with Gasteiger partial charge in [0.05, 0.1) is 6.20 Å². The van der Waals surface area contributed by atoms with E-state index in [1.807, 2.05) is 6.20 Å². The number of H-pyrrole nitrogens is 1. The number of anilines is 2. The molecule has 2 heterocycles. The molecule has 0 saturated carbocycles. The van der Waals surface area contributed by atoms with Crippen LogP contribution in [0.15, 0.2) is 18.3 Å². The van der Waals surface area contributed by atoms with Crippen LogP contribution in [-0.2, 0) is 12.5 Å². The van der Waals surface area contributed by atoms with Gasteiger partial charge < -0.3 is 14.9 Å². The number of hydrogen-bond donors (Lipinski definition) is 2. The Kier molecular flexibility index (Phi) is 3.93. The van der Waals surface area contributed by atoms with E-state index in [9.17, 15) is 0 Å². The van der Waals surface area contributed by atoms with Crippen LogP contribution in [0.1, 0.15) is 58.3 Å². The van der Waals surface area contributed by atoms with E-state index >= 15 is 0 Å². The molecule has 0 spiro atoms. The molecule has 0 saturated heterocycles. The summed E-state index contributed by atoms with van der Waals surface area (Å²) in [5, 5.41) is 3.36. The molecule has 0 atom stereocenters. The number of nitrogens with zero attached hydrogens (tertiary/aromatic N) is 2. The molecule has 0 aliphatic heterocycles. The highest BCUT2D eigenvalue weighted by atomic mass is 15.2. The third-order valence-electron chi connectivity index (χ3n) is 4.19. The van der Waals surface area contributed by atoms with E-state index in [4.69, 9.17) is 0 Å². The van der Waals surface area contributed by atoms with Crippen LogP contribution in [0.2, 0.25) is 0 Å². The van der Waals surface area contributed by atoms with E-state index in [-0.39, 0.29) is 5.41 Å². The van der Waals surface area contributed by atoms with Crippen molar-refractivity contribution in [2.45, 2.75) is 52.4 Å². The molecule has 110 valence electrons. The van der Waals surface area contributed by atoms with Crippen molar-refractivity contribution in [3.63, 3.8) is 0 Å². The third kappa shape index (κ3) is 2.74. The van der Waals surface area contributed by atoms with Crippen LogP contribution in [0.5, 0.6) is 0 Å². The maximum Gasteiger partial charge on any atom is 0.205 e. The van der Waals surface area contributed by atoms with Gasteiger partial charge in [0.25, 0.3) is 0 Å². The SMILES string of the molecule is CCC(C)(C)c1cnc(Nc2ccc(C(C)C)n2C)[nH]1. The molecule has 4 nitrogen and oxygen atoms in total. The largest absolute Gasteiger partial charge is 0.334 e. The first-order valence-electron chi connectivity index (χ1n) is 7.33. The number of imidazole rings is 1. The summed E-state index contributed by atoms with van der Waals surface area (Å²) in [6, 6.07) is 4.26. The second-order valence-electron chi connectivity index (χ2n) is 6.37. The van der Waals surface area contributed by atoms with Gasteiger partial charge in [0.2, 0.25) is 5.95 Å². The Morgan fingerprint density at radius 3 is 2.60 bits per heavy atom. The molecule has 2 aromatic rings. The normalized spacial score (nSPS) is 12.2. The lowest BCUT2D eigenvalue weighted by Crippen LogP contribution is -2.15. The van der Waals surface area contributed by atoms with Gasteiger partial charge in [0, 0.05) is 23.9 Å². The van der Waals surface area contributed by atoms with Crippen molar-refractivity contribution in [2.24, 2.45) is 7.05 Å². The van der Waals surface area contributed by atoms with E-state index < -0.39 is 0 Å². The molecule has 0 aromatic carbocycles. The monoisotopic (exact) mass is 274 g/mol. The van der Waals surface area contributed by atoms with Gasteiger partial charge in [-0.3, -0.25) is 0 Å². The lowest BCUT2D eigenvalue weighted by Gasteiger charge is -2.20. The second kappa shape index (κ2) is 5.35. The lowest BCUT2D eigenvalue weighted by molar-refractivity contribution is 0.493. The first-order valence-corrected chi connectivity index (χ1v) is 7.33. The number of aromatic nitrogens is 3. The van der Waals surface area contributed by atoms with Gasteiger partial charge >= 0.3 is 0 Å². The van der Waals surface area contributed by atoms with Crippen molar-refractivity contribution in [1.29, 1.82) is 0 Å². The Bertz CT molecular complexity index is 575. The standard InChI is InChI=1S/C16H26N4/c1-7-16(4,5)13-10-17-15(18-13)19-14-9-8-12(11(2)3)20(14)6/h8-11H,7H2,1-6H3,(H2,17,18,19). The van der Waals surface area contributed by atoms with Gasteiger partial charge in [0.1, 0.15) is 5.82 Å². The van der Waals surface area contributed by atoms with E-state index in [1.165, 1.54) is 11.4 Å². The number of hydrogen-bond acceptors (Lipinski definition) is 2. The van der Waals surface area contributed by atoms with Crippen molar-refractivity contribution >= 4 is 11.8 Å². The summed E-state index contributed by atoms with van der Waals surface area (Å²) in [6.07, 6.45) is 3.01. The van der Waals surface area contributed by atoms with Crippen molar-refractivity contribution in [3.8, 4) is 0 Å². The van der Waals surface area contributed by atoms with Gasteiger partial charge in [0.15, 0.2) is 0 Å². The fourth-order valence-electron chi connectivity index (χ4n) is 2.27. The third-order valence-corrected chi connectivity index (χ3v) is 4.19. The zero-order chi connectivity index (χ0) is 14.9. The van der Waals surface area contributed by atoms with Crippen LogP contribution in [-0.4, -0.2) is 14.5 Å². The fraction of sp³-hybridized carbons (Fsp3) is 0.562. The summed E-state index contributed by atoms with van der Waals surface area (Å²) >= 11 is 0. The highest BCUT2D eigenvalue weighted by molar-refractivity contribution is 5.51. The first-order chi connectivity index (χ1) is 9.35. The van der Waals surface area contributed by atoms with Crippen LogP contribution in [0.4, 0.5) is 11.8 Å². The molecule has 0 radical (unpaired) electrons. The zero-order valence-electron chi connectivity index (χ0n) is 13.4. The van der Waals surface area contributed by atoms with E-state index in [0.717, 1.165) is 18.2 Å². The Hall–Kier alpha value is -1.71. The number of aromatic amines is 1. The smallest absolute Gasteiger partial charge is 0.205 e. The molecule has 0 bridgehead atoms. The Labute approximate surface area is 121 Å². The lowest BCUT2D eigenvalue weighted by atomic mass is 9.87. The van der Waals surface area contributed by atoms with Crippen molar-refractivity contribution < 1.29 is 0 Å². The average molecular weight is 274 g/mol. The molecule has 4 heteroatoms. The van der Waals surface area contributed by atoms with Crippen LogP contribution in [0.3, 0.4) is 0 Å². The fourth-order valence-corrected chi connectivity index (χ4v) is 2.27. The predicted molar refractivity (Wildman–Crippen MR) is 84.7 cm³/mol. The van der Waals surface area contributed by atoms with Gasteiger partial charge in [-0.2, -0.15) is 0 Å². The van der Waals surface area contributed by atoms with Crippen molar-refractivity contribution in [1.82, 2.24) is 14.5 Å². The highest BCUT2D eigenvalue weighted by Gasteiger charge is 2.20. The van der Waals surface area contributed by atoms with Gasteiger partial charge in [-0.05, 0) is 24.5 Å². The molecule has 0 amide bonds. The van der Waals surface area contributed by atoms with Crippen LogP contribution < -0.4 is 5.32 Å². The van der Waals surface area contributed by atoms with E-state index in [2.05, 4.69) is 73.7 Å². The Balaban J connectivity index is 2.19. The quantitative estimate of drug-likeness (QED) is 0.853. The van der Waals surface area contributed by atoms with Crippen LogP contribution in [0, 0.1) is 0 Å². The molecule has 2 N–H and O–H groups in total. The van der Waals surface area contributed by atoms with Crippen LogP contribution in [0.25, 0.3) is 0 Å².